The third-order valence-electron chi connectivity index (χ3n) is 21.8. The molecular weight excluding hydrogens is 1230 g/mol. The molecule has 3 heterocycles. The van der Waals surface area contributed by atoms with Crippen molar-refractivity contribution in [3.63, 3.8) is 0 Å². The minimum atomic E-state index is -0.293. The molecule has 4 heteroatoms. The molecule has 3 nitrogen and oxygen atoms in total. The van der Waals surface area contributed by atoms with Gasteiger partial charge in [-0.1, -0.05) is 318 Å². The average Bonchev–Trinajstić information content (AvgIpc) is 0.775. The second kappa shape index (κ2) is 24.3. The molecule has 0 aliphatic carbocycles. The first-order valence-corrected chi connectivity index (χ1v) is 37.3. The lowest BCUT2D eigenvalue weighted by atomic mass is 9.33. The molecule has 2 aliphatic rings. The van der Waals surface area contributed by atoms with E-state index < -0.39 is 0 Å². The van der Waals surface area contributed by atoms with Crippen LogP contribution in [0.25, 0.3) is 88.7 Å². The van der Waals surface area contributed by atoms with Crippen molar-refractivity contribution >= 4 is 62.1 Å². The number of para-hydroxylation sites is 1. The van der Waals surface area contributed by atoms with Gasteiger partial charge in [0.2, 0.25) is 0 Å². The zero-order valence-electron chi connectivity index (χ0n) is 65.5. The zero-order chi connectivity index (χ0) is 73.1. The van der Waals surface area contributed by atoms with Crippen molar-refractivity contribution in [3.05, 3.63) is 251 Å². The molecule has 12 aromatic rings. The Hall–Kier alpha value is -9.12. The Balaban J connectivity index is 1.20. The standard InChI is InChI=1S/C98H106BNO2/c1-91(2,3)68-41-62(42-69(54-68)92(4,5)6)61-39-40-81-83(51-61)100(88-76(59-33-27-25-28-34-59)57-74(97(19,20)21)58-77(88)60-35-29-26-30-36-60)84-52-66(64-48-79-75-37-31-32-38-85(75)101-89(79)80(49-64)98(22,23)24)53-86-87(84)99(81)82-50-65(63-43-70(93(7,8)9)55-71(44-63)94(10,11)12)47-78(90(82)102-86)67-45-72(95(13,14)15)56-73(46-67)96(16,17)18/h25-58H,1-24H3. The maximum absolute atomic E-state index is 8.24. The van der Waals surface area contributed by atoms with Crippen LogP contribution in [0.15, 0.2) is 211 Å². The van der Waals surface area contributed by atoms with Gasteiger partial charge in [-0.3, -0.25) is 0 Å². The Morgan fingerprint density at radius 3 is 1.18 bits per heavy atom. The third-order valence-corrected chi connectivity index (χ3v) is 21.8. The fourth-order valence-corrected chi connectivity index (χ4v) is 15.3. The maximum atomic E-state index is 8.24. The number of fused-ring (bicyclic) bond motifs is 7. The van der Waals surface area contributed by atoms with E-state index in [1.807, 2.05) is 0 Å². The summed E-state index contributed by atoms with van der Waals surface area (Å²) in [5.74, 6) is 1.73. The molecule has 0 bridgehead atoms. The number of hydrogen-bond donors (Lipinski definition) is 0. The van der Waals surface area contributed by atoms with E-state index in [-0.39, 0.29) is 50.0 Å². The van der Waals surface area contributed by atoms with Gasteiger partial charge in [-0.15, -0.1) is 0 Å². The number of nitrogens with zero attached hydrogens (tertiary/aromatic N) is 1. The van der Waals surface area contributed by atoms with Crippen LogP contribution in [0.5, 0.6) is 11.5 Å². The lowest BCUT2D eigenvalue weighted by Crippen LogP contribution is -2.59. The second-order valence-corrected chi connectivity index (χ2v) is 38.0. The van der Waals surface area contributed by atoms with Crippen molar-refractivity contribution in [1.82, 2.24) is 0 Å². The highest BCUT2D eigenvalue weighted by molar-refractivity contribution is 6.99. The summed E-state index contributed by atoms with van der Waals surface area (Å²) < 4.78 is 15.2. The molecule has 0 radical (unpaired) electrons. The van der Waals surface area contributed by atoms with E-state index >= 15 is 0 Å². The molecule has 0 atom stereocenters. The SMILES string of the molecule is CC(C)(C)c1cc(-c2cc3c(c(-c4cc(C(C)(C)C)cc(C(C)(C)C)c4)c2)Oc2cc(-c4cc(C(C)(C)C)c5oc6ccccc6c5c4)cc4c2B3c2ccc(-c3cc(C(C)(C)C)cc(C(C)(C)C)c3)cc2N4c2c(-c3ccccc3)cc(C(C)(C)C)cc2-c2ccccc2)cc(C(C)(C)C)c1. The highest BCUT2D eigenvalue weighted by atomic mass is 16.5. The number of ether oxygens (including phenoxy) is 1. The van der Waals surface area contributed by atoms with Crippen molar-refractivity contribution < 1.29 is 9.15 Å². The van der Waals surface area contributed by atoms with Crippen LogP contribution in [0, 0.1) is 0 Å². The number of furan rings is 1. The largest absolute Gasteiger partial charge is 0.458 e. The van der Waals surface area contributed by atoms with E-state index in [2.05, 4.69) is 377 Å². The summed E-state index contributed by atoms with van der Waals surface area (Å²) in [6.07, 6.45) is 0. The van der Waals surface area contributed by atoms with Gasteiger partial charge in [-0.2, -0.15) is 0 Å². The van der Waals surface area contributed by atoms with Gasteiger partial charge >= 0.3 is 0 Å². The average molecular weight is 1340 g/mol. The molecule has 0 saturated carbocycles. The topological polar surface area (TPSA) is 25.6 Å². The summed E-state index contributed by atoms with van der Waals surface area (Å²) >= 11 is 0. The Morgan fingerprint density at radius 1 is 0.284 bits per heavy atom. The minimum Gasteiger partial charge on any atom is -0.458 e. The normalized spacial score (nSPS) is 13.7. The van der Waals surface area contributed by atoms with Crippen molar-refractivity contribution in [2.45, 2.75) is 209 Å². The van der Waals surface area contributed by atoms with Crippen LogP contribution in [0.1, 0.15) is 211 Å². The van der Waals surface area contributed by atoms with Gasteiger partial charge < -0.3 is 14.1 Å². The summed E-state index contributed by atoms with van der Waals surface area (Å²) in [4.78, 5) is 2.69. The van der Waals surface area contributed by atoms with E-state index in [1.54, 1.807) is 0 Å². The first-order valence-electron chi connectivity index (χ1n) is 37.3. The highest BCUT2D eigenvalue weighted by Gasteiger charge is 2.45. The second-order valence-electron chi connectivity index (χ2n) is 38.0. The highest BCUT2D eigenvalue weighted by Crippen LogP contribution is 2.54. The molecule has 102 heavy (non-hydrogen) atoms. The Kier molecular flexibility index (Phi) is 16.6. The maximum Gasteiger partial charge on any atom is 0.256 e. The van der Waals surface area contributed by atoms with Crippen LogP contribution < -0.4 is 26.0 Å². The fourth-order valence-electron chi connectivity index (χ4n) is 15.3. The van der Waals surface area contributed by atoms with E-state index in [1.165, 1.54) is 66.7 Å². The summed E-state index contributed by atoms with van der Waals surface area (Å²) in [6, 6.07) is 80.3. The molecule has 1 aromatic heterocycles. The number of rotatable bonds is 7. The van der Waals surface area contributed by atoms with Crippen LogP contribution in [0.4, 0.5) is 17.1 Å². The summed E-state index contributed by atoms with van der Waals surface area (Å²) in [5, 5.41) is 2.21. The monoisotopic (exact) mass is 1340 g/mol. The zero-order valence-corrected chi connectivity index (χ0v) is 65.5. The van der Waals surface area contributed by atoms with Crippen LogP contribution in [-0.4, -0.2) is 6.71 Å². The number of anilines is 3. The van der Waals surface area contributed by atoms with Gasteiger partial charge in [0.05, 0.1) is 5.69 Å². The van der Waals surface area contributed by atoms with E-state index in [0.717, 1.165) is 111 Å². The molecular formula is C98H106BNO2. The predicted molar refractivity (Wildman–Crippen MR) is 442 cm³/mol. The Bertz CT molecular complexity index is 5150. The molecule has 518 valence electrons. The molecule has 0 spiro atoms. The molecule has 2 aliphatic heterocycles. The van der Waals surface area contributed by atoms with Crippen LogP contribution in [0.2, 0.25) is 0 Å². The van der Waals surface area contributed by atoms with Gasteiger partial charge in [0, 0.05) is 44.4 Å². The van der Waals surface area contributed by atoms with E-state index in [9.17, 15) is 0 Å². The number of hydrogen-bond acceptors (Lipinski definition) is 3. The fraction of sp³-hybridized carbons (Fsp3) is 0.327. The van der Waals surface area contributed by atoms with Crippen molar-refractivity contribution in [1.29, 1.82) is 0 Å². The molecule has 0 saturated heterocycles. The van der Waals surface area contributed by atoms with Crippen LogP contribution in [0.3, 0.4) is 0 Å². The Morgan fingerprint density at radius 2 is 0.696 bits per heavy atom. The lowest BCUT2D eigenvalue weighted by molar-refractivity contribution is 0.489. The van der Waals surface area contributed by atoms with Crippen molar-refractivity contribution in [2.75, 3.05) is 4.90 Å². The van der Waals surface area contributed by atoms with Gasteiger partial charge in [0.25, 0.3) is 6.71 Å². The Labute approximate surface area is 610 Å². The lowest BCUT2D eigenvalue weighted by Gasteiger charge is -2.43. The molecule has 14 rings (SSSR count). The summed E-state index contributed by atoms with van der Waals surface area (Å²) in [7, 11) is 0. The predicted octanol–water partition coefficient (Wildman–Crippen LogP) is 26.4. The molecule has 0 amide bonds. The molecule has 0 unspecified atom stereocenters. The molecule has 0 N–H and O–H groups in total. The summed E-state index contributed by atoms with van der Waals surface area (Å²) in [6.45, 7) is 56.1. The number of benzene rings is 11. The van der Waals surface area contributed by atoms with Gasteiger partial charge in [0.1, 0.15) is 22.7 Å². The first-order chi connectivity index (χ1) is 47.6. The van der Waals surface area contributed by atoms with Crippen LogP contribution >= 0.6 is 0 Å². The van der Waals surface area contributed by atoms with Crippen molar-refractivity contribution in [2.24, 2.45) is 0 Å². The summed E-state index contributed by atoms with van der Waals surface area (Å²) in [5.41, 5.74) is 31.5. The van der Waals surface area contributed by atoms with Gasteiger partial charge in [-0.05, 0) is 203 Å². The first kappa shape index (κ1) is 69.9. The van der Waals surface area contributed by atoms with Gasteiger partial charge in [-0.25, -0.2) is 0 Å². The quantitative estimate of drug-likeness (QED) is 0.149. The third kappa shape index (κ3) is 12.9. The molecule has 11 aromatic carbocycles. The van der Waals surface area contributed by atoms with Gasteiger partial charge in [0.15, 0.2) is 0 Å². The minimum absolute atomic E-state index is 0.105. The van der Waals surface area contributed by atoms with E-state index in [0.29, 0.717) is 0 Å². The van der Waals surface area contributed by atoms with Crippen LogP contribution in [-0.2, 0) is 43.3 Å². The molecule has 0 fully saturated rings. The smallest absolute Gasteiger partial charge is 0.256 e. The van der Waals surface area contributed by atoms with Crippen molar-refractivity contribution in [3.8, 4) is 78.3 Å². The van der Waals surface area contributed by atoms with E-state index in [4.69, 9.17) is 9.15 Å².